The molecular formula is C15H22FN. The fourth-order valence-corrected chi connectivity index (χ4v) is 3.48. The molecular weight excluding hydrogens is 213 g/mol. The van der Waals surface area contributed by atoms with Crippen LogP contribution in [0.4, 0.5) is 4.39 Å². The second-order valence-corrected chi connectivity index (χ2v) is 6.02. The third-order valence-corrected chi connectivity index (χ3v) is 3.78. The SMILES string of the molecule is CC1CC(C)CC(N)(Cc2ccc(F)cc2)C1. The van der Waals surface area contributed by atoms with E-state index in [2.05, 4.69) is 13.8 Å². The van der Waals surface area contributed by atoms with Gasteiger partial charge < -0.3 is 5.73 Å². The first-order chi connectivity index (χ1) is 7.97. The summed E-state index contributed by atoms with van der Waals surface area (Å²) in [5.41, 5.74) is 7.56. The average Bonchev–Trinajstić information content (AvgIpc) is 2.19. The lowest BCUT2D eigenvalue weighted by atomic mass is 9.70. The summed E-state index contributed by atoms with van der Waals surface area (Å²) in [5, 5.41) is 0. The van der Waals surface area contributed by atoms with Gasteiger partial charge in [-0.3, -0.25) is 0 Å². The maximum absolute atomic E-state index is 12.9. The van der Waals surface area contributed by atoms with Crippen molar-refractivity contribution in [2.75, 3.05) is 0 Å². The molecule has 1 aliphatic carbocycles. The van der Waals surface area contributed by atoms with Crippen LogP contribution in [0.2, 0.25) is 0 Å². The zero-order valence-corrected chi connectivity index (χ0v) is 10.7. The van der Waals surface area contributed by atoms with Crippen LogP contribution in [0, 0.1) is 17.7 Å². The molecule has 2 rings (SSSR count). The Kier molecular flexibility index (Phi) is 3.53. The largest absolute Gasteiger partial charge is 0.325 e. The summed E-state index contributed by atoms with van der Waals surface area (Å²) < 4.78 is 12.9. The van der Waals surface area contributed by atoms with E-state index in [1.54, 1.807) is 0 Å². The lowest BCUT2D eigenvalue weighted by Gasteiger charge is -2.40. The number of halogens is 1. The normalized spacial score (nSPS) is 33.6. The number of rotatable bonds is 2. The van der Waals surface area contributed by atoms with Crippen LogP contribution in [-0.4, -0.2) is 5.54 Å². The molecule has 1 nitrogen and oxygen atoms in total. The van der Waals surface area contributed by atoms with E-state index >= 15 is 0 Å². The highest BCUT2D eigenvalue weighted by atomic mass is 19.1. The maximum atomic E-state index is 12.9. The Morgan fingerprint density at radius 2 is 1.71 bits per heavy atom. The summed E-state index contributed by atoms with van der Waals surface area (Å²) in [7, 11) is 0. The van der Waals surface area contributed by atoms with Gasteiger partial charge in [-0.05, 0) is 55.2 Å². The molecule has 1 aromatic rings. The van der Waals surface area contributed by atoms with Crippen molar-refractivity contribution < 1.29 is 4.39 Å². The minimum atomic E-state index is -0.176. The molecule has 2 N–H and O–H groups in total. The van der Waals surface area contributed by atoms with Gasteiger partial charge in [-0.15, -0.1) is 0 Å². The van der Waals surface area contributed by atoms with Gasteiger partial charge in [0, 0.05) is 5.54 Å². The minimum absolute atomic E-state index is 0.102. The van der Waals surface area contributed by atoms with Crippen LogP contribution in [0.25, 0.3) is 0 Å². The van der Waals surface area contributed by atoms with Crippen LogP contribution in [-0.2, 0) is 6.42 Å². The monoisotopic (exact) mass is 235 g/mol. The summed E-state index contributed by atoms with van der Waals surface area (Å²) in [4.78, 5) is 0. The van der Waals surface area contributed by atoms with Gasteiger partial charge in [0.15, 0.2) is 0 Å². The molecule has 1 saturated carbocycles. The highest BCUT2D eigenvalue weighted by Crippen LogP contribution is 2.36. The molecule has 0 aliphatic heterocycles. The second-order valence-electron chi connectivity index (χ2n) is 6.02. The van der Waals surface area contributed by atoms with Gasteiger partial charge >= 0.3 is 0 Å². The summed E-state index contributed by atoms with van der Waals surface area (Å²) >= 11 is 0. The lowest BCUT2D eigenvalue weighted by Crippen LogP contribution is -2.48. The Morgan fingerprint density at radius 1 is 1.18 bits per heavy atom. The second kappa shape index (κ2) is 4.77. The summed E-state index contributed by atoms with van der Waals surface area (Å²) in [6, 6.07) is 6.75. The fraction of sp³-hybridized carbons (Fsp3) is 0.600. The van der Waals surface area contributed by atoms with Gasteiger partial charge in [-0.2, -0.15) is 0 Å². The van der Waals surface area contributed by atoms with Gasteiger partial charge in [0.25, 0.3) is 0 Å². The van der Waals surface area contributed by atoms with E-state index in [1.165, 1.54) is 18.6 Å². The molecule has 0 heterocycles. The third-order valence-electron chi connectivity index (χ3n) is 3.78. The Hall–Kier alpha value is -0.890. The predicted octanol–water partition coefficient (Wildman–Crippen LogP) is 3.52. The zero-order valence-electron chi connectivity index (χ0n) is 10.7. The highest BCUT2D eigenvalue weighted by molar-refractivity contribution is 5.19. The third kappa shape index (κ3) is 3.29. The number of hydrogen-bond acceptors (Lipinski definition) is 1. The predicted molar refractivity (Wildman–Crippen MR) is 69.2 cm³/mol. The van der Waals surface area contributed by atoms with E-state index in [0.29, 0.717) is 11.8 Å². The van der Waals surface area contributed by atoms with E-state index in [9.17, 15) is 4.39 Å². The molecule has 2 atom stereocenters. The molecule has 0 amide bonds. The smallest absolute Gasteiger partial charge is 0.123 e. The van der Waals surface area contributed by atoms with Crippen molar-refractivity contribution in [3.8, 4) is 0 Å². The number of nitrogens with two attached hydrogens (primary N) is 1. The Bertz CT molecular complexity index is 361. The van der Waals surface area contributed by atoms with Crippen molar-refractivity contribution in [1.82, 2.24) is 0 Å². The first-order valence-electron chi connectivity index (χ1n) is 6.50. The van der Waals surface area contributed by atoms with Crippen LogP contribution < -0.4 is 5.73 Å². The Labute approximate surface area is 103 Å². The van der Waals surface area contributed by atoms with Crippen LogP contribution in [0.5, 0.6) is 0 Å². The van der Waals surface area contributed by atoms with E-state index < -0.39 is 0 Å². The first-order valence-corrected chi connectivity index (χ1v) is 6.50. The van der Waals surface area contributed by atoms with Crippen LogP contribution in [0.15, 0.2) is 24.3 Å². The van der Waals surface area contributed by atoms with Crippen LogP contribution in [0.1, 0.15) is 38.7 Å². The molecule has 17 heavy (non-hydrogen) atoms. The van der Waals surface area contributed by atoms with E-state index in [0.717, 1.165) is 24.8 Å². The molecule has 2 unspecified atom stereocenters. The van der Waals surface area contributed by atoms with Crippen molar-refractivity contribution in [3.63, 3.8) is 0 Å². The highest BCUT2D eigenvalue weighted by Gasteiger charge is 2.34. The summed E-state index contributed by atoms with van der Waals surface area (Å²) in [6.45, 7) is 4.56. The maximum Gasteiger partial charge on any atom is 0.123 e. The lowest BCUT2D eigenvalue weighted by molar-refractivity contribution is 0.182. The average molecular weight is 235 g/mol. The molecule has 0 radical (unpaired) electrons. The molecule has 94 valence electrons. The first kappa shape index (κ1) is 12.6. The van der Waals surface area contributed by atoms with Crippen molar-refractivity contribution >= 4 is 0 Å². The van der Waals surface area contributed by atoms with Crippen molar-refractivity contribution in [2.45, 2.75) is 45.1 Å². The van der Waals surface area contributed by atoms with Gasteiger partial charge in [0.05, 0.1) is 0 Å². The van der Waals surface area contributed by atoms with E-state index in [-0.39, 0.29) is 11.4 Å². The van der Waals surface area contributed by atoms with Crippen LogP contribution >= 0.6 is 0 Å². The Balaban J connectivity index is 2.08. The fourth-order valence-electron chi connectivity index (χ4n) is 3.48. The van der Waals surface area contributed by atoms with E-state index in [1.807, 2.05) is 12.1 Å². The number of benzene rings is 1. The zero-order chi connectivity index (χ0) is 12.5. The van der Waals surface area contributed by atoms with Gasteiger partial charge in [0.1, 0.15) is 5.82 Å². The minimum Gasteiger partial charge on any atom is -0.325 e. The standard InChI is InChI=1S/C15H22FN/c1-11-7-12(2)9-15(17,8-11)10-13-3-5-14(16)6-4-13/h3-6,11-12H,7-10,17H2,1-2H3. The molecule has 1 aliphatic rings. The molecule has 1 aromatic carbocycles. The Morgan fingerprint density at radius 3 is 2.24 bits per heavy atom. The molecule has 1 fully saturated rings. The quantitative estimate of drug-likeness (QED) is 0.834. The van der Waals surface area contributed by atoms with E-state index in [4.69, 9.17) is 5.73 Å². The van der Waals surface area contributed by atoms with Gasteiger partial charge in [0.2, 0.25) is 0 Å². The molecule has 0 bridgehead atoms. The van der Waals surface area contributed by atoms with Gasteiger partial charge in [-0.1, -0.05) is 26.0 Å². The van der Waals surface area contributed by atoms with Crippen LogP contribution in [0.3, 0.4) is 0 Å². The summed E-state index contributed by atoms with van der Waals surface area (Å²) in [6.07, 6.45) is 4.30. The molecule has 0 spiro atoms. The van der Waals surface area contributed by atoms with Crippen molar-refractivity contribution in [3.05, 3.63) is 35.6 Å². The topological polar surface area (TPSA) is 26.0 Å². The number of hydrogen-bond donors (Lipinski definition) is 1. The molecule has 2 heteroatoms. The van der Waals surface area contributed by atoms with Crippen molar-refractivity contribution in [1.29, 1.82) is 0 Å². The van der Waals surface area contributed by atoms with Gasteiger partial charge in [-0.25, -0.2) is 4.39 Å². The van der Waals surface area contributed by atoms with Crippen molar-refractivity contribution in [2.24, 2.45) is 17.6 Å². The molecule has 0 aromatic heterocycles. The molecule has 0 saturated heterocycles. The summed E-state index contributed by atoms with van der Waals surface area (Å²) in [5.74, 6) is 1.22.